The summed E-state index contributed by atoms with van der Waals surface area (Å²) in [6.45, 7) is 8.41. The minimum absolute atomic E-state index is 0.0250. The summed E-state index contributed by atoms with van der Waals surface area (Å²) in [7, 11) is -1.22. The van der Waals surface area contributed by atoms with Crippen LogP contribution >= 0.6 is 0 Å². The molecule has 1 aliphatic carbocycles. The third-order valence-corrected chi connectivity index (χ3v) is 5.77. The molecule has 1 aromatic carbocycles. The van der Waals surface area contributed by atoms with Crippen LogP contribution in [0.3, 0.4) is 0 Å². The number of benzene rings is 1. The van der Waals surface area contributed by atoms with Crippen LogP contribution in [0.5, 0.6) is 0 Å². The molecule has 0 saturated heterocycles. The zero-order valence-electron chi connectivity index (χ0n) is 12.1. The lowest BCUT2D eigenvalue weighted by Gasteiger charge is -2.30. The number of rotatable bonds is 2. The van der Waals surface area contributed by atoms with E-state index in [2.05, 4.69) is 20.8 Å². The Labute approximate surface area is 118 Å². The van der Waals surface area contributed by atoms with Gasteiger partial charge in [-0.15, -0.1) is 0 Å². The maximum atomic E-state index is 12.7. The van der Waals surface area contributed by atoms with E-state index in [-0.39, 0.29) is 22.4 Å². The molecule has 2 rings (SSSR count). The van der Waals surface area contributed by atoms with E-state index in [1.165, 1.54) is 0 Å². The first-order valence-electron chi connectivity index (χ1n) is 6.80. The molecule has 1 aromatic rings. The van der Waals surface area contributed by atoms with Gasteiger partial charge in [0.1, 0.15) is 11.0 Å². The van der Waals surface area contributed by atoms with E-state index in [9.17, 15) is 9.00 Å². The van der Waals surface area contributed by atoms with Crippen LogP contribution in [0.4, 0.5) is 0 Å². The molecule has 1 saturated carbocycles. The van der Waals surface area contributed by atoms with E-state index >= 15 is 0 Å². The highest BCUT2D eigenvalue weighted by molar-refractivity contribution is 7.86. The summed E-state index contributed by atoms with van der Waals surface area (Å²) in [6.07, 6.45) is 1.44. The second kappa shape index (κ2) is 5.20. The van der Waals surface area contributed by atoms with Crippen molar-refractivity contribution in [1.82, 2.24) is 0 Å². The average Bonchev–Trinajstić information content (AvgIpc) is 2.71. The number of carbonyl (C=O) groups is 1. The van der Waals surface area contributed by atoms with Gasteiger partial charge < -0.3 is 0 Å². The van der Waals surface area contributed by atoms with Crippen molar-refractivity contribution in [2.24, 2.45) is 11.3 Å². The smallest absolute Gasteiger partial charge is 0.149 e. The third kappa shape index (κ3) is 2.97. The number of carbonyl (C=O) groups excluding carboxylic acids is 1. The standard InChI is InChI=1S/C16H22O2S/c1-11-5-7-12(8-6-11)19(18)15-13(16(2,3)4)9-10-14(15)17/h5-8,13,15H,9-10H2,1-4H3/t13-,15+,19?/m1/s1. The monoisotopic (exact) mass is 278 g/mol. The van der Waals surface area contributed by atoms with Crippen LogP contribution in [0, 0.1) is 18.3 Å². The molecule has 1 aliphatic rings. The van der Waals surface area contributed by atoms with Crippen molar-refractivity contribution < 1.29 is 9.00 Å². The Balaban J connectivity index is 2.30. The predicted molar refractivity (Wildman–Crippen MR) is 78.6 cm³/mol. The van der Waals surface area contributed by atoms with Crippen LogP contribution < -0.4 is 0 Å². The first-order valence-corrected chi connectivity index (χ1v) is 8.02. The maximum Gasteiger partial charge on any atom is 0.149 e. The lowest BCUT2D eigenvalue weighted by atomic mass is 9.79. The first-order chi connectivity index (χ1) is 8.80. The lowest BCUT2D eigenvalue weighted by Crippen LogP contribution is -2.34. The molecule has 0 aromatic heterocycles. The van der Waals surface area contributed by atoms with Crippen molar-refractivity contribution in [3.8, 4) is 0 Å². The molecule has 3 heteroatoms. The summed E-state index contributed by atoms with van der Waals surface area (Å²) < 4.78 is 12.7. The Kier molecular flexibility index (Phi) is 3.95. The van der Waals surface area contributed by atoms with Crippen molar-refractivity contribution in [2.45, 2.75) is 50.7 Å². The van der Waals surface area contributed by atoms with Gasteiger partial charge in [-0.25, -0.2) is 0 Å². The van der Waals surface area contributed by atoms with Crippen molar-refractivity contribution in [1.29, 1.82) is 0 Å². The summed E-state index contributed by atoms with van der Waals surface area (Å²) in [4.78, 5) is 12.9. The highest BCUT2D eigenvalue weighted by Crippen LogP contribution is 2.41. The van der Waals surface area contributed by atoms with Gasteiger partial charge in [-0.2, -0.15) is 0 Å². The summed E-state index contributed by atoms with van der Waals surface area (Å²) in [5.41, 5.74) is 1.17. The fourth-order valence-corrected chi connectivity index (χ4v) is 4.69. The van der Waals surface area contributed by atoms with E-state index in [0.717, 1.165) is 16.9 Å². The number of aryl methyl sites for hydroxylation is 1. The fraction of sp³-hybridized carbons (Fsp3) is 0.562. The Hall–Kier alpha value is -0.960. The Bertz CT molecular complexity index is 496. The van der Waals surface area contributed by atoms with E-state index in [4.69, 9.17) is 0 Å². The molecule has 0 heterocycles. The lowest BCUT2D eigenvalue weighted by molar-refractivity contribution is -0.117. The van der Waals surface area contributed by atoms with Gasteiger partial charge in [-0.1, -0.05) is 38.5 Å². The molecule has 0 radical (unpaired) electrons. The zero-order chi connectivity index (χ0) is 14.2. The van der Waals surface area contributed by atoms with Gasteiger partial charge >= 0.3 is 0 Å². The highest BCUT2D eigenvalue weighted by atomic mass is 32.2. The van der Waals surface area contributed by atoms with Crippen molar-refractivity contribution >= 4 is 16.6 Å². The number of Topliss-reactive ketones (excluding diaryl/α,β-unsaturated/α-hetero) is 1. The largest absolute Gasteiger partial charge is 0.298 e. The minimum Gasteiger partial charge on any atom is -0.298 e. The number of hydrogen-bond acceptors (Lipinski definition) is 2. The van der Waals surface area contributed by atoms with Crippen LogP contribution in [-0.2, 0) is 15.6 Å². The van der Waals surface area contributed by atoms with Crippen LogP contribution in [0.25, 0.3) is 0 Å². The van der Waals surface area contributed by atoms with Gasteiger partial charge in [0.05, 0.1) is 10.8 Å². The summed E-state index contributed by atoms with van der Waals surface area (Å²) in [6, 6.07) is 7.69. The molecule has 104 valence electrons. The van der Waals surface area contributed by atoms with Gasteiger partial charge in [-0.05, 0) is 36.8 Å². The Morgan fingerprint density at radius 2 is 1.74 bits per heavy atom. The second-order valence-electron chi connectivity index (χ2n) is 6.51. The van der Waals surface area contributed by atoms with Gasteiger partial charge in [0.15, 0.2) is 0 Å². The molecule has 0 N–H and O–H groups in total. The van der Waals surface area contributed by atoms with Gasteiger partial charge in [0.2, 0.25) is 0 Å². The number of ketones is 1. The highest BCUT2D eigenvalue weighted by Gasteiger charge is 2.44. The first kappa shape index (κ1) is 14.4. The molecule has 0 amide bonds. The van der Waals surface area contributed by atoms with Crippen molar-refractivity contribution in [3.63, 3.8) is 0 Å². The van der Waals surface area contributed by atoms with Crippen LogP contribution in [0.15, 0.2) is 29.2 Å². The normalized spacial score (nSPS) is 25.6. The molecule has 19 heavy (non-hydrogen) atoms. The third-order valence-electron chi connectivity index (χ3n) is 3.98. The molecule has 3 atom stereocenters. The number of hydrogen-bond donors (Lipinski definition) is 0. The van der Waals surface area contributed by atoms with Gasteiger partial charge in [0.25, 0.3) is 0 Å². The molecular formula is C16H22O2S. The van der Waals surface area contributed by atoms with Crippen molar-refractivity contribution in [3.05, 3.63) is 29.8 Å². The van der Waals surface area contributed by atoms with Gasteiger partial charge in [-0.3, -0.25) is 9.00 Å². The second-order valence-corrected chi connectivity index (χ2v) is 8.08. The summed E-state index contributed by atoms with van der Waals surface area (Å²) in [5, 5.41) is -0.331. The van der Waals surface area contributed by atoms with Crippen LogP contribution in [-0.4, -0.2) is 15.2 Å². The quantitative estimate of drug-likeness (QED) is 0.829. The van der Waals surface area contributed by atoms with E-state index in [1.54, 1.807) is 0 Å². The van der Waals surface area contributed by atoms with E-state index in [1.807, 2.05) is 31.2 Å². The molecule has 2 nitrogen and oxygen atoms in total. The van der Waals surface area contributed by atoms with E-state index in [0.29, 0.717) is 6.42 Å². The molecule has 0 bridgehead atoms. The topological polar surface area (TPSA) is 34.1 Å². The Morgan fingerprint density at radius 1 is 1.16 bits per heavy atom. The summed E-state index contributed by atoms with van der Waals surface area (Å²) in [5.74, 6) is 0.376. The molecule has 0 spiro atoms. The molecule has 1 unspecified atom stereocenters. The Morgan fingerprint density at radius 3 is 2.26 bits per heavy atom. The predicted octanol–water partition coefficient (Wildman–Crippen LogP) is 3.50. The van der Waals surface area contributed by atoms with E-state index < -0.39 is 10.8 Å². The minimum atomic E-state index is -1.22. The zero-order valence-corrected chi connectivity index (χ0v) is 12.9. The fourth-order valence-electron chi connectivity index (χ4n) is 2.79. The molecule has 0 aliphatic heterocycles. The molecule has 1 fully saturated rings. The average molecular weight is 278 g/mol. The summed E-state index contributed by atoms with van der Waals surface area (Å²) >= 11 is 0. The maximum absolute atomic E-state index is 12.7. The van der Waals surface area contributed by atoms with Crippen LogP contribution in [0.1, 0.15) is 39.2 Å². The van der Waals surface area contributed by atoms with Gasteiger partial charge in [0, 0.05) is 11.3 Å². The molecular weight excluding hydrogens is 256 g/mol. The SMILES string of the molecule is Cc1ccc(S(=O)[C@@H]2C(=O)CC[C@H]2C(C)(C)C)cc1. The van der Waals surface area contributed by atoms with Crippen LogP contribution in [0.2, 0.25) is 0 Å². The van der Waals surface area contributed by atoms with Crippen molar-refractivity contribution in [2.75, 3.05) is 0 Å².